The van der Waals surface area contributed by atoms with Crippen molar-refractivity contribution in [3.05, 3.63) is 53.9 Å². The number of benzene rings is 1. The molecule has 5 heteroatoms. The molecule has 1 aromatic heterocycles. The number of nitrogens with zero attached hydrogens (tertiary/aromatic N) is 2. The second-order valence-corrected chi connectivity index (χ2v) is 7.43. The third kappa shape index (κ3) is 3.23. The summed E-state index contributed by atoms with van der Waals surface area (Å²) in [5.74, 6) is 0.735. The van der Waals surface area contributed by atoms with Crippen molar-refractivity contribution in [2.75, 3.05) is 13.7 Å². The maximum atomic E-state index is 13.2. The molecule has 2 heterocycles. The van der Waals surface area contributed by atoms with Gasteiger partial charge in [-0.3, -0.25) is 4.79 Å². The van der Waals surface area contributed by atoms with Gasteiger partial charge in [0.1, 0.15) is 17.0 Å². The molecular formula is C21H28N2O3. The van der Waals surface area contributed by atoms with Crippen LogP contribution in [0.5, 0.6) is 5.75 Å². The minimum Gasteiger partial charge on any atom is -0.497 e. The van der Waals surface area contributed by atoms with Crippen LogP contribution in [0.25, 0.3) is 0 Å². The lowest BCUT2D eigenvalue weighted by Crippen LogP contribution is -2.48. The van der Waals surface area contributed by atoms with Crippen molar-refractivity contribution in [1.82, 2.24) is 9.47 Å². The van der Waals surface area contributed by atoms with Crippen molar-refractivity contribution >= 4 is 5.91 Å². The first-order chi connectivity index (χ1) is 12.4. The maximum absolute atomic E-state index is 13.2. The Morgan fingerprint density at radius 2 is 1.96 bits per heavy atom. The van der Waals surface area contributed by atoms with E-state index in [0.717, 1.165) is 24.2 Å². The van der Waals surface area contributed by atoms with Crippen molar-refractivity contribution in [2.24, 2.45) is 0 Å². The van der Waals surface area contributed by atoms with Crippen molar-refractivity contribution < 1.29 is 14.6 Å². The van der Waals surface area contributed by atoms with Gasteiger partial charge in [0.15, 0.2) is 0 Å². The van der Waals surface area contributed by atoms with E-state index in [2.05, 4.69) is 13.8 Å². The number of hydrogen-bond donors (Lipinski definition) is 1. The zero-order valence-electron chi connectivity index (χ0n) is 16.0. The highest BCUT2D eigenvalue weighted by Crippen LogP contribution is 2.36. The Morgan fingerprint density at radius 1 is 1.27 bits per heavy atom. The van der Waals surface area contributed by atoms with E-state index in [4.69, 9.17) is 4.74 Å². The van der Waals surface area contributed by atoms with E-state index >= 15 is 0 Å². The van der Waals surface area contributed by atoms with Gasteiger partial charge in [0, 0.05) is 18.8 Å². The molecule has 0 radical (unpaired) electrons. The normalized spacial score (nSPS) is 19.6. The molecule has 26 heavy (non-hydrogen) atoms. The van der Waals surface area contributed by atoms with Crippen LogP contribution in [0.1, 0.15) is 55.7 Å². The maximum Gasteiger partial charge on any atom is 0.270 e. The molecule has 0 spiro atoms. The number of aliphatic hydroxyl groups is 1. The highest BCUT2D eigenvalue weighted by Gasteiger charge is 2.43. The summed E-state index contributed by atoms with van der Waals surface area (Å²) in [6, 6.07) is 11.2. The summed E-state index contributed by atoms with van der Waals surface area (Å²) in [5, 5.41) is 11.3. The van der Waals surface area contributed by atoms with Crippen LogP contribution >= 0.6 is 0 Å². The standard InChI is InChI=1S/C21H28N2O3/c1-15(2)22-13-5-7-18(22)20(24)23-14-6-8-19(23)21(3,25)16-9-11-17(26-4)12-10-16/h5,7,9-13,15,19,25H,6,8,14H2,1-4H3/t19-,21+/m1/s1. The van der Waals surface area contributed by atoms with Crippen molar-refractivity contribution in [2.45, 2.75) is 51.3 Å². The molecule has 3 rings (SSSR count). The lowest BCUT2D eigenvalue weighted by molar-refractivity contribution is -0.0180. The van der Waals surface area contributed by atoms with Crippen LogP contribution in [-0.2, 0) is 5.60 Å². The first-order valence-electron chi connectivity index (χ1n) is 9.21. The van der Waals surface area contributed by atoms with Crippen LogP contribution < -0.4 is 4.74 Å². The minimum absolute atomic E-state index is 0.0139. The molecule has 1 saturated heterocycles. The summed E-state index contributed by atoms with van der Waals surface area (Å²) >= 11 is 0. The van der Waals surface area contributed by atoms with Gasteiger partial charge in [-0.25, -0.2) is 0 Å². The van der Waals surface area contributed by atoms with Crippen LogP contribution in [-0.4, -0.2) is 40.2 Å². The number of carbonyl (C=O) groups excluding carboxylic acids is 1. The molecule has 0 bridgehead atoms. The molecule has 2 aromatic rings. The Balaban J connectivity index is 1.88. The summed E-state index contributed by atoms with van der Waals surface area (Å²) in [5.41, 5.74) is 0.355. The summed E-state index contributed by atoms with van der Waals surface area (Å²) < 4.78 is 7.19. The van der Waals surface area contributed by atoms with Crippen molar-refractivity contribution in [3.63, 3.8) is 0 Å². The number of hydrogen-bond acceptors (Lipinski definition) is 3. The molecular weight excluding hydrogens is 328 g/mol. The third-order valence-electron chi connectivity index (χ3n) is 5.39. The van der Waals surface area contributed by atoms with Gasteiger partial charge in [-0.2, -0.15) is 0 Å². The first-order valence-corrected chi connectivity index (χ1v) is 9.21. The largest absolute Gasteiger partial charge is 0.497 e. The molecule has 1 amide bonds. The monoisotopic (exact) mass is 356 g/mol. The molecule has 1 fully saturated rings. The summed E-state index contributed by atoms with van der Waals surface area (Å²) in [6.07, 6.45) is 3.61. The smallest absolute Gasteiger partial charge is 0.270 e. The zero-order valence-corrected chi connectivity index (χ0v) is 16.0. The molecule has 0 saturated carbocycles. The van der Waals surface area contributed by atoms with Gasteiger partial charge in [-0.15, -0.1) is 0 Å². The summed E-state index contributed by atoms with van der Waals surface area (Å²) in [4.78, 5) is 15.0. The first kappa shape index (κ1) is 18.5. The molecule has 1 aliphatic heterocycles. The summed E-state index contributed by atoms with van der Waals surface area (Å²) in [7, 11) is 1.62. The van der Waals surface area contributed by atoms with Crippen molar-refractivity contribution in [1.29, 1.82) is 0 Å². The predicted molar refractivity (Wildman–Crippen MR) is 101 cm³/mol. The average molecular weight is 356 g/mol. The fourth-order valence-corrected chi connectivity index (χ4v) is 3.89. The van der Waals surface area contributed by atoms with Crippen LogP contribution in [0.4, 0.5) is 0 Å². The molecule has 1 aliphatic rings. The number of carbonyl (C=O) groups is 1. The number of aromatic nitrogens is 1. The topological polar surface area (TPSA) is 54.7 Å². The van der Waals surface area contributed by atoms with E-state index in [1.54, 1.807) is 14.0 Å². The van der Waals surface area contributed by atoms with Crippen LogP contribution in [0.15, 0.2) is 42.6 Å². The van der Waals surface area contributed by atoms with E-state index in [0.29, 0.717) is 12.2 Å². The molecule has 0 unspecified atom stereocenters. The molecule has 1 N–H and O–H groups in total. The Labute approximate surface area is 155 Å². The van der Waals surface area contributed by atoms with Crippen LogP contribution in [0.2, 0.25) is 0 Å². The highest BCUT2D eigenvalue weighted by atomic mass is 16.5. The van der Waals surface area contributed by atoms with E-state index in [1.807, 2.05) is 52.1 Å². The molecule has 2 atom stereocenters. The lowest BCUT2D eigenvalue weighted by Gasteiger charge is -2.37. The predicted octanol–water partition coefficient (Wildman–Crippen LogP) is 3.59. The van der Waals surface area contributed by atoms with Gasteiger partial charge in [0.2, 0.25) is 0 Å². The molecule has 0 aliphatic carbocycles. The minimum atomic E-state index is -1.12. The zero-order chi connectivity index (χ0) is 18.9. The number of ether oxygens (including phenoxy) is 1. The van der Waals surface area contributed by atoms with Gasteiger partial charge in [0.25, 0.3) is 5.91 Å². The van der Waals surface area contributed by atoms with Gasteiger partial charge in [-0.05, 0) is 63.4 Å². The van der Waals surface area contributed by atoms with E-state index < -0.39 is 5.60 Å². The van der Waals surface area contributed by atoms with Crippen LogP contribution in [0, 0.1) is 0 Å². The van der Waals surface area contributed by atoms with E-state index in [1.165, 1.54) is 0 Å². The fourth-order valence-electron chi connectivity index (χ4n) is 3.89. The number of methoxy groups -OCH3 is 1. The fraction of sp³-hybridized carbons (Fsp3) is 0.476. The highest BCUT2D eigenvalue weighted by molar-refractivity contribution is 5.93. The quantitative estimate of drug-likeness (QED) is 0.891. The van der Waals surface area contributed by atoms with Crippen LogP contribution in [0.3, 0.4) is 0 Å². The van der Waals surface area contributed by atoms with Crippen molar-refractivity contribution in [3.8, 4) is 5.75 Å². The summed E-state index contributed by atoms with van der Waals surface area (Å²) in [6.45, 7) is 6.59. The number of amides is 1. The average Bonchev–Trinajstić information content (AvgIpc) is 3.30. The molecule has 140 valence electrons. The number of likely N-dealkylation sites (tertiary alicyclic amines) is 1. The van der Waals surface area contributed by atoms with E-state index in [-0.39, 0.29) is 18.0 Å². The van der Waals surface area contributed by atoms with E-state index in [9.17, 15) is 9.90 Å². The van der Waals surface area contributed by atoms with Gasteiger partial charge >= 0.3 is 0 Å². The number of rotatable bonds is 5. The van der Waals surface area contributed by atoms with Gasteiger partial charge < -0.3 is 19.3 Å². The Hall–Kier alpha value is -2.27. The SMILES string of the molecule is COc1ccc([C@](C)(O)[C@H]2CCCN2C(=O)c2cccn2C(C)C)cc1. The van der Waals surface area contributed by atoms with Gasteiger partial charge in [0.05, 0.1) is 13.2 Å². The van der Waals surface area contributed by atoms with Gasteiger partial charge in [-0.1, -0.05) is 12.1 Å². The Kier molecular flexibility index (Phi) is 5.10. The third-order valence-corrected chi connectivity index (χ3v) is 5.39. The lowest BCUT2D eigenvalue weighted by atomic mass is 9.86. The Morgan fingerprint density at radius 3 is 2.58 bits per heavy atom. The molecule has 1 aromatic carbocycles. The second kappa shape index (κ2) is 7.16. The second-order valence-electron chi connectivity index (χ2n) is 7.43. The molecule has 5 nitrogen and oxygen atoms in total. The Bertz CT molecular complexity index is 762.